The Morgan fingerprint density at radius 3 is 2.64 bits per heavy atom. The van der Waals surface area contributed by atoms with E-state index < -0.39 is 0 Å². The maximum atomic E-state index is 9.27. The van der Waals surface area contributed by atoms with Gasteiger partial charge in [-0.2, -0.15) is 5.10 Å². The summed E-state index contributed by atoms with van der Waals surface area (Å²) in [5.41, 5.74) is 8.01. The highest BCUT2D eigenvalue weighted by Gasteiger charge is 2.05. The molecule has 0 saturated heterocycles. The van der Waals surface area contributed by atoms with Crippen molar-refractivity contribution in [3.05, 3.63) is 65.4 Å². The Balaban J connectivity index is 1.90. The molecule has 0 atom stereocenters. The lowest BCUT2D eigenvalue weighted by Gasteiger charge is -2.08. The first-order valence-corrected chi connectivity index (χ1v) is 7.08. The van der Waals surface area contributed by atoms with Gasteiger partial charge >= 0.3 is 0 Å². The molecule has 0 aliphatic carbocycles. The summed E-state index contributed by atoms with van der Waals surface area (Å²) in [6.45, 7) is 4.03. The quantitative estimate of drug-likeness (QED) is 0.566. The van der Waals surface area contributed by atoms with Gasteiger partial charge in [0.2, 0.25) is 0 Å². The van der Waals surface area contributed by atoms with Crippen molar-refractivity contribution in [3.63, 3.8) is 0 Å². The minimum absolute atomic E-state index is 0.247. The van der Waals surface area contributed by atoms with Gasteiger partial charge in [0.05, 0.1) is 17.4 Å². The van der Waals surface area contributed by atoms with Crippen molar-refractivity contribution in [1.82, 2.24) is 4.98 Å². The largest absolute Gasteiger partial charge is 0.508 e. The highest BCUT2D eigenvalue weighted by molar-refractivity contribution is 5.93. The molecule has 0 amide bonds. The van der Waals surface area contributed by atoms with Crippen molar-refractivity contribution in [3.8, 4) is 5.75 Å². The summed E-state index contributed by atoms with van der Waals surface area (Å²) in [5.74, 6) is 0.247. The molecule has 22 heavy (non-hydrogen) atoms. The van der Waals surface area contributed by atoms with Crippen LogP contribution in [0.15, 0.2) is 53.6 Å². The first-order chi connectivity index (χ1) is 10.6. The molecule has 4 heteroatoms. The Kier molecular flexibility index (Phi) is 3.74. The molecule has 3 aromatic rings. The van der Waals surface area contributed by atoms with Crippen LogP contribution in [0.4, 0.5) is 5.69 Å². The molecule has 3 rings (SSSR count). The van der Waals surface area contributed by atoms with E-state index in [0.29, 0.717) is 0 Å². The molecule has 0 radical (unpaired) electrons. The number of aromatic hydroxyl groups is 1. The zero-order valence-corrected chi connectivity index (χ0v) is 12.5. The number of anilines is 1. The number of nitrogens with one attached hydrogen (secondary N) is 1. The second kappa shape index (κ2) is 5.85. The Morgan fingerprint density at radius 2 is 1.86 bits per heavy atom. The standard InChI is InChI=1S/C18H17N3O/c1-12-4-3-5-16-17(10-13(2)20-18(12)16)21-19-11-14-6-8-15(22)9-7-14/h3-11,22H,1-2H3,(H,20,21). The van der Waals surface area contributed by atoms with Crippen LogP contribution in [0.3, 0.4) is 0 Å². The monoisotopic (exact) mass is 291 g/mol. The topological polar surface area (TPSA) is 57.5 Å². The number of hydrazone groups is 1. The number of nitrogens with zero attached hydrogens (tertiary/aromatic N) is 2. The number of rotatable bonds is 3. The number of hydrogen-bond acceptors (Lipinski definition) is 4. The number of hydrogen-bond donors (Lipinski definition) is 2. The van der Waals surface area contributed by atoms with Crippen LogP contribution in [0.1, 0.15) is 16.8 Å². The van der Waals surface area contributed by atoms with Gasteiger partial charge in [-0.1, -0.05) is 18.2 Å². The molecular weight excluding hydrogens is 274 g/mol. The fourth-order valence-electron chi connectivity index (χ4n) is 2.35. The molecule has 2 aromatic carbocycles. The highest BCUT2D eigenvalue weighted by Crippen LogP contribution is 2.25. The zero-order chi connectivity index (χ0) is 15.5. The fraction of sp³-hybridized carbons (Fsp3) is 0.111. The average Bonchev–Trinajstić information content (AvgIpc) is 2.50. The Labute approximate surface area is 129 Å². The number of para-hydroxylation sites is 1. The number of aromatic nitrogens is 1. The van der Waals surface area contributed by atoms with E-state index in [1.807, 2.05) is 25.1 Å². The maximum Gasteiger partial charge on any atom is 0.115 e. The first-order valence-electron chi connectivity index (χ1n) is 7.08. The van der Waals surface area contributed by atoms with Crippen LogP contribution in [-0.4, -0.2) is 16.3 Å². The van der Waals surface area contributed by atoms with Crippen LogP contribution in [0.5, 0.6) is 5.75 Å². The molecule has 4 nitrogen and oxygen atoms in total. The molecule has 110 valence electrons. The summed E-state index contributed by atoms with van der Waals surface area (Å²) >= 11 is 0. The van der Waals surface area contributed by atoms with E-state index in [1.165, 1.54) is 0 Å². The minimum atomic E-state index is 0.247. The lowest BCUT2D eigenvalue weighted by Crippen LogP contribution is -1.95. The zero-order valence-electron chi connectivity index (χ0n) is 12.5. The van der Waals surface area contributed by atoms with Gasteiger partial charge in [-0.15, -0.1) is 0 Å². The molecule has 0 aliphatic rings. The normalized spacial score (nSPS) is 11.2. The van der Waals surface area contributed by atoms with Crippen LogP contribution < -0.4 is 5.43 Å². The summed E-state index contributed by atoms with van der Waals surface area (Å²) in [4.78, 5) is 4.59. The van der Waals surface area contributed by atoms with E-state index >= 15 is 0 Å². The lowest BCUT2D eigenvalue weighted by molar-refractivity contribution is 0.475. The van der Waals surface area contributed by atoms with Gasteiger partial charge in [0.15, 0.2) is 0 Å². The van der Waals surface area contributed by atoms with Gasteiger partial charge in [0.1, 0.15) is 5.75 Å². The third-order valence-corrected chi connectivity index (χ3v) is 3.46. The van der Waals surface area contributed by atoms with Crippen molar-refractivity contribution < 1.29 is 5.11 Å². The highest BCUT2D eigenvalue weighted by atomic mass is 16.3. The number of fused-ring (bicyclic) bond motifs is 1. The van der Waals surface area contributed by atoms with Crippen LogP contribution in [0.25, 0.3) is 10.9 Å². The predicted octanol–water partition coefficient (Wildman–Crippen LogP) is 4.00. The smallest absolute Gasteiger partial charge is 0.115 e. The summed E-state index contributed by atoms with van der Waals surface area (Å²) in [5, 5.41) is 14.6. The third-order valence-electron chi connectivity index (χ3n) is 3.46. The lowest BCUT2D eigenvalue weighted by atomic mass is 10.1. The van der Waals surface area contributed by atoms with Crippen LogP contribution in [0.2, 0.25) is 0 Å². The molecule has 0 aliphatic heterocycles. The van der Waals surface area contributed by atoms with Crippen molar-refractivity contribution >= 4 is 22.8 Å². The van der Waals surface area contributed by atoms with E-state index in [-0.39, 0.29) is 5.75 Å². The Hall–Kier alpha value is -2.88. The van der Waals surface area contributed by atoms with Crippen LogP contribution in [-0.2, 0) is 0 Å². The number of pyridine rings is 1. The van der Waals surface area contributed by atoms with Gasteiger partial charge < -0.3 is 5.11 Å². The molecule has 0 bridgehead atoms. The predicted molar refractivity (Wildman–Crippen MR) is 90.5 cm³/mol. The van der Waals surface area contributed by atoms with Gasteiger partial charge in [0, 0.05) is 11.1 Å². The average molecular weight is 291 g/mol. The molecular formula is C18H17N3O. The van der Waals surface area contributed by atoms with Crippen molar-refractivity contribution in [1.29, 1.82) is 0 Å². The Bertz CT molecular complexity index is 839. The summed E-state index contributed by atoms with van der Waals surface area (Å²) < 4.78 is 0. The first kappa shape index (κ1) is 14.1. The van der Waals surface area contributed by atoms with Gasteiger partial charge in [0.25, 0.3) is 0 Å². The SMILES string of the molecule is Cc1cc(NN=Cc2ccc(O)cc2)c2cccc(C)c2n1. The molecule has 0 spiro atoms. The third kappa shape index (κ3) is 2.91. The molecule has 1 heterocycles. The molecule has 0 saturated carbocycles. The maximum absolute atomic E-state index is 9.27. The number of phenolic OH excluding ortho intramolecular Hbond substituents is 1. The van der Waals surface area contributed by atoms with E-state index in [1.54, 1.807) is 30.5 Å². The fourth-order valence-corrected chi connectivity index (χ4v) is 2.35. The van der Waals surface area contributed by atoms with Crippen LogP contribution in [0, 0.1) is 13.8 Å². The summed E-state index contributed by atoms with van der Waals surface area (Å²) in [6, 6.07) is 15.0. The van der Waals surface area contributed by atoms with E-state index in [4.69, 9.17) is 0 Å². The van der Waals surface area contributed by atoms with Crippen molar-refractivity contribution in [2.24, 2.45) is 5.10 Å². The number of benzene rings is 2. The number of phenols is 1. The summed E-state index contributed by atoms with van der Waals surface area (Å²) in [7, 11) is 0. The molecule has 1 aromatic heterocycles. The summed E-state index contributed by atoms with van der Waals surface area (Å²) in [6.07, 6.45) is 1.72. The van der Waals surface area contributed by atoms with E-state index in [9.17, 15) is 5.11 Å². The molecule has 0 unspecified atom stereocenters. The second-order valence-electron chi connectivity index (χ2n) is 5.24. The van der Waals surface area contributed by atoms with E-state index in [0.717, 1.165) is 33.4 Å². The van der Waals surface area contributed by atoms with Gasteiger partial charge in [-0.05, 0) is 55.3 Å². The van der Waals surface area contributed by atoms with E-state index in [2.05, 4.69) is 28.5 Å². The molecule has 0 fully saturated rings. The number of aryl methyl sites for hydroxylation is 2. The minimum Gasteiger partial charge on any atom is -0.508 e. The van der Waals surface area contributed by atoms with Gasteiger partial charge in [-0.25, -0.2) is 0 Å². The van der Waals surface area contributed by atoms with Crippen molar-refractivity contribution in [2.45, 2.75) is 13.8 Å². The van der Waals surface area contributed by atoms with Crippen LogP contribution >= 0.6 is 0 Å². The Morgan fingerprint density at radius 1 is 1.09 bits per heavy atom. The molecule has 2 N–H and O–H groups in total. The van der Waals surface area contributed by atoms with Crippen molar-refractivity contribution in [2.75, 3.05) is 5.43 Å². The second-order valence-corrected chi connectivity index (χ2v) is 5.24. The van der Waals surface area contributed by atoms with Gasteiger partial charge in [-0.3, -0.25) is 10.4 Å².